The van der Waals surface area contributed by atoms with Gasteiger partial charge in [0.2, 0.25) is 0 Å². The van der Waals surface area contributed by atoms with Crippen molar-refractivity contribution in [3.63, 3.8) is 0 Å². The maximum absolute atomic E-state index is 2.63. The van der Waals surface area contributed by atoms with Gasteiger partial charge in [0, 0.05) is 0 Å². The molecule has 0 nitrogen and oxygen atoms in total. The second-order valence-electron chi connectivity index (χ2n) is 11.9. The Bertz CT molecular complexity index is 1110. The fourth-order valence-corrected chi connectivity index (χ4v) is 32.6. The van der Waals surface area contributed by atoms with Crippen LogP contribution in [-0.2, 0) is 30.9 Å². The molecule has 2 aromatic carbocycles. The molecule has 0 unspecified atom stereocenters. The first-order chi connectivity index (χ1) is 14.9. The van der Waals surface area contributed by atoms with E-state index in [2.05, 4.69) is 110 Å². The van der Waals surface area contributed by atoms with Crippen LogP contribution in [0.4, 0.5) is 0 Å². The molecule has 0 atom stereocenters. The molecule has 2 aliphatic carbocycles. The Kier molecular flexibility index (Phi) is 9.57. The SMILES string of the molecule is CCC1=[C]([Hf]([CH]2c3cc(C(C)(C)C)ccc3-c3ccc(C(C)(C)C)cc32)=[Si](C)C)CC=C1.Cl.Cl. The number of fused-ring (bicyclic) bond motifs is 3. The minimum Gasteiger partial charge on any atom is -0.147 e. The van der Waals surface area contributed by atoms with E-state index in [0.717, 1.165) is 0 Å². The fraction of sp³-hybridized carbons (Fsp3) is 0.467. The van der Waals surface area contributed by atoms with Gasteiger partial charge in [-0.15, -0.1) is 24.8 Å². The molecule has 0 aliphatic heterocycles. The summed E-state index contributed by atoms with van der Waals surface area (Å²) in [5.74, 6) is 0. The van der Waals surface area contributed by atoms with Crippen molar-refractivity contribution in [2.45, 2.75) is 88.9 Å². The van der Waals surface area contributed by atoms with Crippen LogP contribution >= 0.6 is 24.8 Å². The summed E-state index contributed by atoms with van der Waals surface area (Å²) in [6.07, 6.45) is 7.35. The van der Waals surface area contributed by atoms with Gasteiger partial charge in [0.1, 0.15) is 0 Å². The van der Waals surface area contributed by atoms with Gasteiger partial charge in [0.15, 0.2) is 0 Å². The zero-order chi connectivity index (χ0) is 23.4. The molecule has 34 heavy (non-hydrogen) atoms. The summed E-state index contributed by atoms with van der Waals surface area (Å²) in [7, 11) is 0. The molecule has 0 bridgehead atoms. The Hall–Kier alpha value is -0.413. The first kappa shape index (κ1) is 29.8. The van der Waals surface area contributed by atoms with Gasteiger partial charge < -0.3 is 0 Å². The van der Waals surface area contributed by atoms with Crippen LogP contribution in [0.15, 0.2) is 57.5 Å². The number of hydrogen-bond donors (Lipinski definition) is 0. The van der Waals surface area contributed by atoms with E-state index < -0.39 is 20.1 Å². The summed E-state index contributed by atoms with van der Waals surface area (Å²) in [6.45, 7) is 21.8. The van der Waals surface area contributed by atoms with Crippen molar-refractivity contribution in [2.24, 2.45) is 0 Å². The third kappa shape index (κ3) is 5.46. The van der Waals surface area contributed by atoms with Gasteiger partial charge in [-0.05, 0) is 0 Å². The van der Waals surface area contributed by atoms with Crippen molar-refractivity contribution in [3.05, 3.63) is 79.7 Å². The van der Waals surface area contributed by atoms with E-state index in [1.165, 1.54) is 35.1 Å². The van der Waals surface area contributed by atoms with Gasteiger partial charge in [-0.2, -0.15) is 0 Å². The van der Waals surface area contributed by atoms with Crippen molar-refractivity contribution >= 4 is 30.3 Å². The molecule has 0 amide bonds. The van der Waals surface area contributed by atoms with Crippen LogP contribution in [0.3, 0.4) is 0 Å². The predicted octanol–water partition coefficient (Wildman–Crippen LogP) is 9.69. The zero-order valence-corrected chi connectivity index (χ0v) is 28.7. The summed E-state index contributed by atoms with van der Waals surface area (Å²) < 4.78 is 2.62. The normalized spacial score (nSPS) is 15.0. The Morgan fingerprint density at radius 2 is 1.29 bits per heavy atom. The van der Waals surface area contributed by atoms with Crippen LogP contribution in [-0.4, -0.2) is 5.49 Å². The molecule has 0 radical (unpaired) electrons. The molecule has 0 saturated heterocycles. The Morgan fingerprint density at radius 3 is 1.68 bits per heavy atom. The van der Waals surface area contributed by atoms with Crippen molar-refractivity contribution in [1.29, 1.82) is 0 Å². The Labute approximate surface area is 228 Å². The molecule has 0 aromatic heterocycles. The van der Waals surface area contributed by atoms with E-state index in [1.807, 2.05) is 3.33 Å². The second-order valence-corrected chi connectivity index (χ2v) is 36.3. The summed E-state index contributed by atoms with van der Waals surface area (Å²) in [6, 6.07) is 14.9. The molecule has 4 heteroatoms. The van der Waals surface area contributed by atoms with E-state index in [1.54, 1.807) is 16.7 Å². The first-order valence-corrected chi connectivity index (χ1v) is 24.0. The molecule has 2 aliphatic rings. The average Bonchev–Trinajstić information content (AvgIpc) is 3.29. The van der Waals surface area contributed by atoms with Crippen molar-refractivity contribution in [3.8, 4) is 11.1 Å². The van der Waals surface area contributed by atoms with E-state index in [-0.39, 0.29) is 41.1 Å². The zero-order valence-electron chi connectivity index (χ0n) is 22.4. The standard InChI is InChI=1S/C21H25.C7H9.C2H6Si.2ClH.Hf/c1-20(2,3)16-7-9-18-14(12-16)11-15-13-17(21(4,5)6)8-10-19(15)18;1-2-7-5-3-4-6-7;1-3-2;;;/h7-13H,1-6H3;3,5H,2,4H2,1H3;1-2H3;2*1H;. The molecule has 0 N–H and O–H groups in total. The summed E-state index contributed by atoms with van der Waals surface area (Å²) in [5, 5.41) is 0. The van der Waals surface area contributed by atoms with E-state index >= 15 is 0 Å². The number of rotatable bonds is 3. The minimum absolute atomic E-state index is 0. The molecular weight excluding hydrogens is 638 g/mol. The second kappa shape index (κ2) is 10.9. The molecule has 4 rings (SSSR count). The van der Waals surface area contributed by atoms with Gasteiger partial charge in [-0.1, -0.05) is 0 Å². The topological polar surface area (TPSA) is 0 Å². The maximum Gasteiger partial charge on any atom is -0.147 e. The van der Waals surface area contributed by atoms with Gasteiger partial charge in [-0.3, -0.25) is 0 Å². The van der Waals surface area contributed by atoms with Crippen LogP contribution in [0.25, 0.3) is 11.1 Å². The van der Waals surface area contributed by atoms with Crippen molar-refractivity contribution < 1.29 is 20.1 Å². The summed E-state index contributed by atoms with van der Waals surface area (Å²) >= 11 is -2.17. The van der Waals surface area contributed by atoms with E-state index in [9.17, 15) is 0 Å². The van der Waals surface area contributed by atoms with E-state index in [4.69, 9.17) is 0 Å². The molecule has 0 heterocycles. The van der Waals surface area contributed by atoms with Gasteiger partial charge in [0.25, 0.3) is 0 Å². The third-order valence-corrected chi connectivity index (χ3v) is 33.4. The minimum atomic E-state index is -2.17. The Morgan fingerprint density at radius 1 is 0.824 bits per heavy atom. The van der Waals surface area contributed by atoms with Crippen LogP contribution in [0.2, 0.25) is 13.1 Å². The molecule has 184 valence electrons. The molecule has 0 fully saturated rings. The first-order valence-electron chi connectivity index (χ1n) is 12.3. The smallest absolute Gasteiger partial charge is 0.147 e. The fourth-order valence-electron chi connectivity index (χ4n) is 5.43. The molecular formula is C30H42Cl2HfSi. The van der Waals surface area contributed by atoms with Crippen LogP contribution in [0, 0.1) is 0 Å². The number of allylic oxidation sites excluding steroid dienone is 4. The number of benzene rings is 2. The maximum atomic E-state index is 2.63. The molecule has 2 aromatic rings. The van der Waals surface area contributed by atoms with E-state index in [0.29, 0.717) is 3.67 Å². The van der Waals surface area contributed by atoms with Crippen molar-refractivity contribution in [2.75, 3.05) is 0 Å². The van der Waals surface area contributed by atoms with Gasteiger partial charge in [0.05, 0.1) is 0 Å². The quantitative estimate of drug-likeness (QED) is 0.284. The van der Waals surface area contributed by atoms with Crippen molar-refractivity contribution in [1.82, 2.24) is 0 Å². The predicted molar refractivity (Wildman–Crippen MR) is 154 cm³/mol. The van der Waals surface area contributed by atoms with Crippen LogP contribution in [0.1, 0.15) is 87.2 Å². The molecule has 0 saturated carbocycles. The average molecular weight is 680 g/mol. The molecule has 0 spiro atoms. The van der Waals surface area contributed by atoms with Gasteiger partial charge >= 0.3 is 205 Å². The monoisotopic (exact) mass is 680 g/mol. The largest absolute Gasteiger partial charge is 0.147 e. The number of hydrogen-bond acceptors (Lipinski definition) is 0. The third-order valence-electron chi connectivity index (χ3n) is 7.31. The van der Waals surface area contributed by atoms with Crippen LogP contribution < -0.4 is 0 Å². The van der Waals surface area contributed by atoms with Gasteiger partial charge in [-0.25, -0.2) is 0 Å². The summed E-state index contributed by atoms with van der Waals surface area (Å²) in [4.78, 5) is 0. The summed E-state index contributed by atoms with van der Waals surface area (Å²) in [5.41, 5.74) is 11.1. The number of halogens is 2. The van der Waals surface area contributed by atoms with Crippen LogP contribution in [0.5, 0.6) is 0 Å². The Balaban J connectivity index is 0.00000204.